The van der Waals surface area contributed by atoms with Crippen LogP contribution in [0.3, 0.4) is 0 Å². The number of amides is 1. The highest BCUT2D eigenvalue weighted by molar-refractivity contribution is 5.93. The molecule has 5 heteroatoms. The Morgan fingerprint density at radius 2 is 2.14 bits per heavy atom. The van der Waals surface area contributed by atoms with Crippen LogP contribution in [0, 0.1) is 6.92 Å². The fourth-order valence-electron chi connectivity index (χ4n) is 2.20. The molecule has 0 saturated heterocycles. The van der Waals surface area contributed by atoms with Gasteiger partial charge in [-0.3, -0.25) is 9.78 Å². The van der Waals surface area contributed by atoms with Crippen molar-refractivity contribution in [1.29, 1.82) is 0 Å². The minimum absolute atomic E-state index is 0.109. The first-order valence-corrected chi connectivity index (χ1v) is 6.86. The van der Waals surface area contributed by atoms with Crippen LogP contribution in [0.15, 0.2) is 42.7 Å². The van der Waals surface area contributed by atoms with Crippen molar-refractivity contribution in [2.24, 2.45) is 0 Å². The Morgan fingerprint density at radius 1 is 1.29 bits per heavy atom. The van der Waals surface area contributed by atoms with Gasteiger partial charge in [-0.05, 0) is 30.7 Å². The van der Waals surface area contributed by atoms with Gasteiger partial charge in [-0.2, -0.15) is 0 Å². The minimum Gasteiger partial charge on any atom is -0.352 e. The van der Waals surface area contributed by atoms with Crippen LogP contribution >= 0.6 is 0 Å². The van der Waals surface area contributed by atoms with E-state index in [-0.39, 0.29) is 5.91 Å². The Bertz CT molecular complexity index is 746. The molecule has 2 N–H and O–H groups in total. The molecule has 2 heterocycles. The van der Waals surface area contributed by atoms with Crippen molar-refractivity contribution in [3.63, 3.8) is 0 Å². The molecule has 0 aliphatic rings. The number of rotatable bonds is 4. The van der Waals surface area contributed by atoms with E-state index in [2.05, 4.69) is 20.3 Å². The highest BCUT2D eigenvalue weighted by Gasteiger charge is 2.06. The average Bonchev–Trinajstić information content (AvgIpc) is 2.89. The second kappa shape index (κ2) is 5.75. The number of nitrogens with one attached hydrogen (secondary N) is 2. The predicted molar refractivity (Wildman–Crippen MR) is 81.1 cm³/mol. The van der Waals surface area contributed by atoms with Crippen molar-refractivity contribution in [3.8, 4) is 0 Å². The molecule has 0 unspecified atom stereocenters. The molecule has 1 aromatic carbocycles. The molecule has 3 aromatic rings. The number of H-pyrrole nitrogens is 1. The van der Waals surface area contributed by atoms with Crippen LogP contribution in [0.5, 0.6) is 0 Å². The number of pyridine rings is 1. The van der Waals surface area contributed by atoms with Crippen molar-refractivity contribution in [1.82, 2.24) is 20.3 Å². The molecule has 0 aliphatic carbocycles. The lowest BCUT2D eigenvalue weighted by Crippen LogP contribution is -2.26. The predicted octanol–water partition coefficient (Wildman–Crippen LogP) is 2.24. The van der Waals surface area contributed by atoms with Crippen molar-refractivity contribution in [2.75, 3.05) is 6.54 Å². The summed E-state index contributed by atoms with van der Waals surface area (Å²) >= 11 is 0. The zero-order valence-electron chi connectivity index (χ0n) is 11.8. The normalized spacial score (nSPS) is 10.7. The standard InChI is InChI=1S/C16H16N4O/c1-11-8-12(10-17-9-11)16(21)18-7-6-15-19-13-4-2-3-5-14(13)20-15/h2-5,8-10H,6-7H2,1H3,(H,18,21)(H,19,20). The monoisotopic (exact) mass is 280 g/mol. The number of carbonyl (C=O) groups is 1. The topological polar surface area (TPSA) is 70.7 Å². The van der Waals surface area contributed by atoms with Gasteiger partial charge < -0.3 is 10.3 Å². The maximum atomic E-state index is 12.0. The Hall–Kier alpha value is -2.69. The number of aryl methyl sites for hydroxylation is 1. The Balaban J connectivity index is 1.59. The van der Waals surface area contributed by atoms with Gasteiger partial charge in [0.25, 0.3) is 5.91 Å². The van der Waals surface area contributed by atoms with Crippen LogP contribution in [0.2, 0.25) is 0 Å². The van der Waals surface area contributed by atoms with Gasteiger partial charge in [0.15, 0.2) is 0 Å². The molecule has 0 atom stereocenters. The number of hydrogen-bond acceptors (Lipinski definition) is 3. The molecule has 0 fully saturated rings. The molecule has 21 heavy (non-hydrogen) atoms. The quantitative estimate of drug-likeness (QED) is 0.770. The maximum Gasteiger partial charge on any atom is 0.252 e. The first kappa shape index (κ1) is 13.3. The molecular weight excluding hydrogens is 264 g/mol. The number of para-hydroxylation sites is 2. The molecule has 0 spiro atoms. The number of aromatic amines is 1. The molecule has 0 bridgehead atoms. The number of nitrogens with zero attached hydrogens (tertiary/aromatic N) is 2. The van der Waals surface area contributed by atoms with Crippen LogP contribution < -0.4 is 5.32 Å². The minimum atomic E-state index is -0.109. The fraction of sp³-hybridized carbons (Fsp3) is 0.188. The molecular formula is C16H16N4O. The van der Waals surface area contributed by atoms with Crippen molar-refractivity contribution >= 4 is 16.9 Å². The van der Waals surface area contributed by atoms with Crippen molar-refractivity contribution < 1.29 is 4.79 Å². The SMILES string of the molecule is Cc1cncc(C(=O)NCCc2nc3ccccc3[nH]2)c1. The van der Waals surface area contributed by atoms with Crippen LogP contribution in [-0.4, -0.2) is 27.4 Å². The molecule has 1 amide bonds. The van der Waals surface area contributed by atoms with Gasteiger partial charge in [0, 0.05) is 25.4 Å². The third-order valence-corrected chi connectivity index (χ3v) is 3.22. The fourth-order valence-corrected chi connectivity index (χ4v) is 2.20. The third kappa shape index (κ3) is 3.08. The van der Waals surface area contributed by atoms with Gasteiger partial charge in [0.1, 0.15) is 5.82 Å². The van der Waals surface area contributed by atoms with Gasteiger partial charge in [-0.1, -0.05) is 12.1 Å². The number of aromatic nitrogens is 3. The molecule has 0 aliphatic heterocycles. The van der Waals surface area contributed by atoms with E-state index in [4.69, 9.17) is 0 Å². The van der Waals surface area contributed by atoms with E-state index in [1.807, 2.05) is 37.3 Å². The van der Waals surface area contributed by atoms with Gasteiger partial charge in [0.2, 0.25) is 0 Å². The Kier molecular flexibility index (Phi) is 3.64. The van der Waals surface area contributed by atoms with E-state index in [1.165, 1.54) is 0 Å². The Labute approximate surface area is 122 Å². The third-order valence-electron chi connectivity index (χ3n) is 3.22. The summed E-state index contributed by atoms with van der Waals surface area (Å²) in [6, 6.07) is 9.70. The highest BCUT2D eigenvalue weighted by atomic mass is 16.1. The zero-order chi connectivity index (χ0) is 14.7. The lowest BCUT2D eigenvalue weighted by Gasteiger charge is -2.04. The lowest BCUT2D eigenvalue weighted by molar-refractivity contribution is 0.0953. The highest BCUT2D eigenvalue weighted by Crippen LogP contribution is 2.10. The summed E-state index contributed by atoms with van der Waals surface area (Å²) in [7, 11) is 0. The summed E-state index contributed by atoms with van der Waals surface area (Å²) in [6.45, 7) is 2.45. The van der Waals surface area contributed by atoms with E-state index < -0.39 is 0 Å². The number of fused-ring (bicyclic) bond motifs is 1. The molecule has 0 saturated carbocycles. The molecule has 0 radical (unpaired) electrons. The summed E-state index contributed by atoms with van der Waals surface area (Å²) in [6.07, 6.45) is 3.97. The smallest absolute Gasteiger partial charge is 0.252 e. The summed E-state index contributed by atoms with van der Waals surface area (Å²) in [5.41, 5.74) is 3.52. The molecule has 106 valence electrons. The van der Waals surface area contributed by atoms with Gasteiger partial charge in [-0.25, -0.2) is 4.98 Å². The molecule has 5 nitrogen and oxygen atoms in total. The van der Waals surface area contributed by atoms with Crippen LogP contribution in [0.4, 0.5) is 0 Å². The molecule has 3 rings (SSSR count). The van der Waals surface area contributed by atoms with Crippen molar-refractivity contribution in [3.05, 3.63) is 59.7 Å². The summed E-state index contributed by atoms with van der Waals surface area (Å²) < 4.78 is 0. The first-order chi connectivity index (χ1) is 10.2. The van der Waals surface area contributed by atoms with Gasteiger partial charge in [0.05, 0.1) is 16.6 Å². The lowest BCUT2D eigenvalue weighted by atomic mass is 10.2. The van der Waals surface area contributed by atoms with E-state index in [0.29, 0.717) is 18.5 Å². The van der Waals surface area contributed by atoms with Crippen LogP contribution in [0.25, 0.3) is 11.0 Å². The second-order valence-corrected chi connectivity index (χ2v) is 4.96. The van der Waals surface area contributed by atoms with E-state index in [0.717, 1.165) is 22.4 Å². The molecule has 2 aromatic heterocycles. The zero-order valence-corrected chi connectivity index (χ0v) is 11.8. The first-order valence-electron chi connectivity index (χ1n) is 6.86. The van der Waals surface area contributed by atoms with Crippen molar-refractivity contribution in [2.45, 2.75) is 13.3 Å². The number of imidazole rings is 1. The number of hydrogen-bond donors (Lipinski definition) is 2. The summed E-state index contributed by atoms with van der Waals surface area (Å²) in [4.78, 5) is 23.7. The largest absolute Gasteiger partial charge is 0.352 e. The van der Waals surface area contributed by atoms with E-state index >= 15 is 0 Å². The Morgan fingerprint density at radius 3 is 2.95 bits per heavy atom. The van der Waals surface area contributed by atoms with Gasteiger partial charge in [-0.15, -0.1) is 0 Å². The van der Waals surface area contributed by atoms with Crippen LogP contribution in [0.1, 0.15) is 21.7 Å². The van der Waals surface area contributed by atoms with Crippen LogP contribution in [-0.2, 0) is 6.42 Å². The number of carbonyl (C=O) groups excluding carboxylic acids is 1. The van der Waals surface area contributed by atoms with Gasteiger partial charge >= 0.3 is 0 Å². The summed E-state index contributed by atoms with van der Waals surface area (Å²) in [5, 5.41) is 2.88. The maximum absolute atomic E-state index is 12.0. The average molecular weight is 280 g/mol. The second-order valence-electron chi connectivity index (χ2n) is 4.96. The van der Waals surface area contributed by atoms with E-state index in [9.17, 15) is 4.79 Å². The van der Waals surface area contributed by atoms with E-state index in [1.54, 1.807) is 12.4 Å². The summed E-state index contributed by atoms with van der Waals surface area (Å²) in [5.74, 6) is 0.765. The number of benzene rings is 1.